The highest BCUT2D eigenvalue weighted by Gasteiger charge is 2.50. The molecule has 0 aromatic heterocycles. The molecule has 0 spiro atoms. The van der Waals surface area contributed by atoms with Gasteiger partial charge in [-0.2, -0.15) is 0 Å². The van der Waals surface area contributed by atoms with Gasteiger partial charge in [0.25, 0.3) is 5.91 Å². The topological polar surface area (TPSA) is 64.6 Å². The third-order valence-corrected chi connectivity index (χ3v) is 5.44. The summed E-state index contributed by atoms with van der Waals surface area (Å²) in [4.78, 5) is 11.3. The summed E-state index contributed by atoms with van der Waals surface area (Å²) in [6.45, 7) is 2.11. The van der Waals surface area contributed by atoms with Crippen LogP contribution in [0, 0.1) is 23.6 Å². The van der Waals surface area contributed by atoms with Crippen molar-refractivity contribution in [3.63, 3.8) is 0 Å². The maximum atomic E-state index is 14.7. The van der Waals surface area contributed by atoms with Gasteiger partial charge in [0.05, 0.1) is 12.1 Å². The van der Waals surface area contributed by atoms with E-state index in [1.807, 2.05) is 0 Å². The molecule has 0 bridgehead atoms. The zero-order chi connectivity index (χ0) is 15.3. The quantitative estimate of drug-likeness (QED) is 0.737. The van der Waals surface area contributed by atoms with Crippen molar-refractivity contribution in [2.75, 3.05) is 23.9 Å². The van der Waals surface area contributed by atoms with Crippen LogP contribution in [0.1, 0.15) is 5.56 Å². The number of hydrogen-bond donors (Lipinski definition) is 3. The van der Waals surface area contributed by atoms with Gasteiger partial charge in [0, 0.05) is 5.56 Å². The third-order valence-electron chi connectivity index (χ3n) is 4.59. The third kappa shape index (κ3) is 2.24. The first kappa shape index (κ1) is 13.9. The average molecular weight is 321 g/mol. The molecular formula is C15H16FN3O2S. The molecule has 2 aliphatic heterocycles. The van der Waals surface area contributed by atoms with Crippen LogP contribution in [0.5, 0.6) is 5.75 Å². The minimum absolute atomic E-state index is 0.0285. The fourth-order valence-corrected chi connectivity index (χ4v) is 4.05. The maximum Gasteiger partial charge on any atom is 0.251 e. The monoisotopic (exact) mass is 321 g/mol. The maximum absolute atomic E-state index is 14.7. The van der Waals surface area contributed by atoms with Crippen LogP contribution in [-0.2, 0) is 4.79 Å². The van der Waals surface area contributed by atoms with Crippen molar-refractivity contribution in [2.24, 2.45) is 17.8 Å². The number of phenolic OH excluding ortho intramolecular Hbond substituents is 1. The highest BCUT2D eigenvalue weighted by atomic mass is 32.2. The van der Waals surface area contributed by atoms with Crippen LogP contribution in [-0.4, -0.2) is 30.6 Å². The van der Waals surface area contributed by atoms with Gasteiger partial charge >= 0.3 is 0 Å². The lowest BCUT2D eigenvalue weighted by Gasteiger charge is -2.16. The zero-order valence-corrected chi connectivity index (χ0v) is 12.6. The lowest BCUT2D eigenvalue weighted by molar-refractivity contribution is -0.117. The summed E-state index contributed by atoms with van der Waals surface area (Å²) >= 11 is 0.992. The van der Waals surface area contributed by atoms with Gasteiger partial charge in [0.15, 0.2) is 5.82 Å². The number of carbonyl (C=O) groups is 1. The van der Waals surface area contributed by atoms with E-state index in [9.17, 15) is 14.3 Å². The minimum Gasteiger partial charge on any atom is -0.506 e. The summed E-state index contributed by atoms with van der Waals surface area (Å²) in [5.74, 6) is 1.04. The van der Waals surface area contributed by atoms with Gasteiger partial charge in [0.2, 0.25) is 0 Å². The lowest BCUT2D eigenvalue weighted by Crippen LogP contribution is -2.16. The normalized spacial score (nSPS) is 30.0. The fraction of sp³-hybridized carbons (Fsp3) is 0.400. The van der Waals surface area contributed by atoms with Gasteiger partial charge in [-0.3, -0.25) is 13.8 Å². The summed E-state index contributed by atoms with van der Waals surface area (Å²) in [7, 11) is 0. The Kier molecular flexibility index (Phi) is 3.27. The number of fused-ring (bicyclic) bond motifs is 1. The average Bonchev–Trinajstić information content (AvgIpc) is 2.85. The van der Waals surface area contributed by atoms with Crippen molar-refractivity contribution >= 4 is 29.8 Å². The van der Waals surface area contributed by atoms with E-state index >= 15 is 0 Å². The number of phenols is 1. The van der Waals surface area contributed by atoms with Gasteiger partial charge < -0.3 is 10.4 Å². The van der Waals surface area contributed by atoms with Crippen molar-refractivity contribution in [2.45, 2.75) is 0 Å². The largest absolute Gasteiger partial charge is 0.506 e. The molecule has 2 unspecified atom stereocenters. The van der Waals surface area contributed by atoms with Gasteiger partial charge in [-0.05, 0) is 43.0 Å². The van der Waals surface area contributed by atoms with Crippen LogP contribution in [0.3, 0.4) is 0 Å². The molecule has 2 heterocycles. The predicted molar refractivity (Wildman–Crippen MR) is 83.5 cm³/mol. The Labute approximate surface area is 131 Å². The summed E-state index contributed by atoms with van der Waals surface area (Å²) in [5.41, 5.74) is 0.494. The second-order valence-electron chi connectivity index (χ2n) is 5.91. The first-order valence-corrected chi connectivity index (χ1v) is 8.06. The van der Waals surface area contributed by atoms with Gasteiger partial charge in [-0.1, -0.05) is 12.2 Å². The number of rotatable bonds is 3. The highest BCUT2D eigenvalue weighted by Crippen LogP contribution is 2.49. The van der Waals surface area contributed by atoms with E-state index in [1.54, 1.807) is 12.1 Å². The van der Waals surface area contributed by atoms with E-state index in [2.05, 4.69) is 16.1 Å². The molecule has 3 aliphatic rings. The Bertz CT molecular complexity index is 656. The van der Waals surface area contributed by atoms with Crippen molar-refractivity contribution in [1.82, 2.24) is 10.0 Å². The molecule has 1 saturated carbocycles. The van der Waals surface area contributed by atoms with Crippen LogP contribution in [0.15, 0.2) is 18.2 Å². The van der Waals surface area contributed by atoms with E-state index in [4.69, 9.17) is 0 Å². The summed E-state index contributed by atoms with van der Waals surface area (Å²) in [6, 6.07) is 3.04. The van der Waals surface area contributed by atoms with Crippen LogP contribution in [0.2, 0.25) is 0 Å². The number of benzene rings is 1. The van der Waals surface area contributed by atoms with Gasteiger partial charge in [0.1, 0.15) is 18.0 Å². The van der Waals surface area contributed by atoms with Crippen LogP contribution >= 0.6 is 12.1 Å². The Hall–Kier alpha value is -1.73. The molecule has 1 amide bonds. The molecule has 2 saturated heterocycles. The second-order valence-corrected chi connectivity index (χ2v) is 6.74. The number of halogens is 1. The Morgan fingerprint density at radius 3 is 2.82 bits per heavy atom. The minimum atomic E-state index is -0.496. The molecule has 7 heteroatoms. The Morgan fingerprint density at radius 1 is 1.36 bits per heavy atom. The predicted octanol–water partition coefficient (Wildman–Crippen LogP) is 1.51. The van der Waals surface area contributed by atoms with E-state index in [0.29, 0.717) is 23.3 Å². The molecule has 1 aliphatic carbocycles. The molecule has 116 valence electrons. The number of carbonyl (C=O) groups excluding carboxylic acids is 1. The first-order valence-electron chi connectivity index (χ1n) is 7.29. The van der Waals surface area contributed by atoms with Crippen LogP contribution in [0.4, 0.5) is 10.1 Å². The van der Waals surface area contributed by atoms with Crippen molar-refractivity contribution in [1.29, 1.82) is 0 Å². The number of anilines is 1. The molecule has 2 atom stereocenters. The number of amides is 1. The van der Waals surface area contributed by atoms with E-state index < -0.39 is 5.82 Å². The lowest BCUT2D eigenvalue weighted by atomic mass is 10.1. The van der Waals surface area contributed by atoms with Gasteiger partial charge in [-0.25, -0.2) is 4.39 Å². The number of nitrogens with zero attached hydrogens (tertiary/aromatic N) is 1. The summed E-state index contributed by atoms with van der Waals surface area (Å²) in [6.07, 6.45) is 3.85. The van der Waals surface area contributed by atoms with Crippen LogP contribution < -0.4 is 14.3 Å². The highest BCUT2D eigenvalue weighted by molar-refractivity contribution is 7.99. The molecule has 5 nitrogen and oxygen atoms in total. The Morgan fingerprint density at radius 2 is 2.14 bits per heavy atom. The second kappa shape index (κ2) is 5.17. The molecule has 1 aromatic rings. The van der Waals surface area contributed by atoms with Crippen LogP contribution in [0.25, 0.3) is 6.08 Å². The standard InChI is InChI=1S/C15H16FN3O2S/c16-14-8(1-3-9-10-5-17-6-11(9)10)2-4-12(20)15(14)19-7-13(21)18-22-19/h1-4,9-11,17,20H,5-7H2,(H,18,21)/b3-1+. The van der Waals surface area contributed by atoms with Crippen molar-refractivity contribution in [3.05, 3.63) is 29.6 Å². The van der Waals surface area contributed by atoms with Crippen molar-refractivity contribution < 1.29 is 14.3 Å². The number of hydrogen-bond acceptors (Lipinski definition) is 5. The number of aromatic hydroxyl groups is 1. The van der Waals surface area contributed by atoms with Gasteiger partial charge in [-0.15, -0.1) is 0 Å². The molecule has 4 rings (SSSR count). The number of allylic oxidation sites excluding steroid dienone is 1. The summed E-state index contributed by atoms with van der Waals surface area (Å²) in [5, 5.41) is 13.2. The number of nitrogens with one attached hydrogen (secondary N) is 2. The smallest absolute Gasteiger partial charge is 0.251 e. The number of piperidine rings is 1. The first-order chi connectivity index (χ1) is 10.6. The summed E-state index contributed by atoms with van der Waals surface area (Å²) < 4.78 is 18.6. The molecular weight excluding hydrogens is 305 g/mol. The molecule has 3 fully saturated rings. The molecule has 22 heavy (non-hydrogen) atoms. The van der Waals surface area contributed by atoms with Crippen molar-refractivity contribution in [3.8, 4) is 5.75 Å². The molecule has 3 N–H and O–H groups in total. The Balaban J connectivity index is 1.58. The molecule has 1 aromatic carbocycles. The van der Waals surface area contributed by atoms with E-state index in [0.717, 1.165) is 25.2 Å². The zero-order valence-electron chi connectivity index (χ0n) is 11.8. The fourth-order valence-electron chi connectivity index (χ4n) is 3.33. The van der Waals surface area contributed by atoms with E-state index in [-0.39, 0.29) is 23.9 Å². The SMILES string of the molecule is O=C1CN(c2c(O)ccc(/C=C/C3C4CNCC34)c2F)SN1. The molecule has 0 radical (unpaired) electrons. The van der Waals surface area contributed by atoms with E-state index in [1.165, 1.54) is 10.4 Å².